The normalized spacial score (nSPS) is 12.5. The Morgan fingerprint density at radius 2 is 1.95 bits per heavy atom. The van der Waals surface area contributed by atoms with Crippen molar-refractivity contribution >= 4 is 5.97 Å². The number of nitrogens with zero attached hydrogens (tertiary/aromatic N) is 3. The first-order valence-corrected chi connectivity index (χ1v) is 6.42. The second-order valence-electron chi connectivity index (χ2n) is 6.52. The molecule has 1 heterocycles. The van der Waals surface area contributed by atoms with Gasteiger partial charge in [0.15, 0.2) is 0 Å². The largest absolute Gasteiger partial charge is 0.459 e. The fourth-order valence-corrected chi connectivity index (χ4v) is 1.38. The van der Waals surface area contributed by atoms with Crippen molar-refractivity contribution in [3.8, 4) is 0 Å². The van der Waals surface area contributed by atoms with Crippen molar-refractivity contribution in [2.75, 3.05) is 6.54 Å². The second kappa shape index (κ2) is 5.69. The van der Waals surface area contributed by atoms with Gasteiger partial charge in [-0.25, -0.2) is 4.68 Å². The highest BCUT2D eigenvalue weighted by Crippen LogP contribution is 2.11. The summed E-state index contributed by atoms with van der Waals surface area (Å²) in [7, 11) is 0. The Balaban J connectivity index is 2.38. The lowest BCUT2D eigenvalue weighted by Crippen LogP contribution is -2.31. The van der Waals surface area contributed by atoms with Crippen LogP contribution in [0, 0.1) is 0 Å². The van der Waals surface area contributed by atoms with Gasteiger partial charge in [0, 0.05) is 6.54 Å². The van der Waals surface area contributed by atoms with Crippen molar-refractivity contribution in [2.24, 2.45) is 0 Å². The molecule has 0 amide bonds. The summed E-state index contributed by atoms with van der Waals surface area (Å²) < 4.78 is 7.00. The molecule has 0 bridgehead atoms. The number of carbonyl (C=O) groups excluding carboxylic acids is 1. The predicted octanol–water partition coefficient (Wildman–Crippen LogP) is 1.46. The fraction of sp³-hybridized carbons (Fsp3) is 0.769. The minimum absolute atomic E-state index is 0.0869. The van der Waals surface area contributed by atoms with Gasteiger partial charge in [-0.15, -0.1) is 5.10 Å². The number of hydrogen-bond acceptors (Lipinski definition) is 5. The Morgan fingerprint density at radius 1 is 1.32 bits per heavy atom. The van der Waals surface area contributed by atoms with Crippen LogP contribution in [0.4, 0.5) is 0 Å². The summed E-state index contributed by atoms with van der Waals surface area (Å²) in [4.78, 5) is 11.5. The number of carbonyl (C=O) groups is 1. The average molecular weight is 268 g/mol. The molecule has 0 saturated heterocycles. The lowest BCUT2D eigenvalue weighted by atomic mass is 10.1. The van der Waals surface area contributed by atoms with E-state index in [4.69, 9.17) is 4.74 Å². The highest BCUT2D eigenvalue weighted by Gasteiger charge is 2.17. The van der Waals surface area contributed by atoms with E-state index in [9.17, 15) is 4.79 Å². The Labute approximate surface area is 114 Å². The minimum atomic E-state index is -0.450. The number of rotatable bonds is 4. The van der Waals surface area contributed by atoms with Gasteiger partial charge in [0.2, 0.25) is 0 Å². The molecule has 1 aromatic rings. The van der Waals surface area contributed by atoms with Crippen LogP contribution >= 0.6 is 0 Å². The van der Waals surface area contributed by atoms with Gasteiger partial charge in [0.25, 0.3) is 0 Å². The lowest BCUT2D eigenvalue weighted by molar-refractivity contribution is -0.153. The Bertz CT molecular complexity index is 427. The molecule has 0 unspecified atom stereocenters. The molecule has 0 atom stereocenters. The molecular formula is C13H24N4O2. The van der Waals surface area contributed by atoms with Crippen LogP contribution in [0.3, 0.4) is 0 Å². The maximum absolute atomic E-state index is 11.5. The third-order valence-electron chi connectivity index (χ3n) is 2.22. The molecule has 0 spiro atoms. The molecule has 6 nitrogen and oxygen atoms in total. The minimum Gasteiger partial charge on any atom is -0.459 e. The molecule has 0 aromatic carbocycles. The first kappa shape index (κ1) is 15.6. The van der Waals surface area contributed by atoms with E-state index in [1.54, 1.807) is 4.68 Å². The summed E-state index contributed by atoms with van der Waals surface area (Å²) in [5, 5.41) is 11.1. The van der Waals surface area contributed by atoms with Gasteiger partial charge < -0.3 is 10.1 Å². The summed E-state index contributed by atoms with van der Waals surface area (Å²) in [5.41, 5.74) is 0.267. The summed E-state index contributed by atoms with van der Waals surface area (Å²) in [6.45, 7) is 12.4. The maximum Gasteiger partial charge on any atom is 0.320 e. The molecule has 1 N–H and O–H groups in total. The Kier molecular flexibility index (Phi) is 4.68. The molecule has 0 fully saturated rings. The SMILES string of the molecule is CC(C)(C)OC(=O)CNCc1cn(C(C)(C)C)nn1. The molecule has 6 heteroatoms. The first-order valence-electron chi connectivity index (χ1n) is 6.42. The average Bonchev–Trinajstić information content (AvgIpc) is 2.62. The van der Waals surface area contributed by atoms with E-state index < -0.39 is 5.60 Å². The Hall–Kier alpha value is -1.43. The van der Waals surface area contributed by atoms with Gasteiger partial charge in [-0.2, -0.15) is 0 Å². The highest BCUT2D eigenvalue weighted by molar-refractivity contribution is 5.72. The number of hydrogen-bond donors (Lipinski definition) is 1. The van der Waals surface area contributed by atoms with Crippen LogP contribution in [0.15, 0.2) is 6.20 Å². The molecule has 0 radical (unpaired) electrons. The summed E-state index contributed by atoms with van der Waals surface area (Å²) >= 11 is 0. The van der Waals surface area contributed by atoms with E-state index >= 15 is 0 Å². The summed E-state index contributed by atoms with van der Waals surface area (Å²) in [6, 6.07) is 0. The second-order valence-corrected chi connectivity index (χ2v) is 6.52. The number of aromatic nitrogens is 3. The van der Waals surface area contributed by atoms with Crippen molar-refractivity contribution < 1.29 is 9.53 Å². The van der Waals surface area contributed by atoms with Crippen LogP contribution in [0.5, 0.6) is 0 Å². The molecule has 1 aromatic heterocycles. The van der Waals surface area contributed by atoms with Crippen LogP contribution in [0.1, 0.15) is 47.2 Å². The van der Waals surface area contributed by atoms with Crippen molar-refractivity contribution in [2.45, 2.75) is 59.2 Å². The van der Waals surface area contributed by atoms with Gasteiger partial charge in [-0.05, 0) is 41.5 Å². The molecule has 0 aliphatic heterocycles. The van der Waals surface area contributed by atoms with Crippen molar-refractivity contribution in [1.82, 2.24) is 20.3 Å². The molecule has 1 rings (SSSR count). The third kappa shape index (κ3) is 5.83. The van der Waals surface area contributed by atoms with Crippen molar-refractivity contribution in [3.05, 3.63) is 11.9 Å². The van der Waals surface area contributed by atoms with Crippen molar-refractivity contribution in [3.63, 3.8) is 0 Å². The van der Waals surface area contributed by atoms with Crippen LogP contribution in [0.25, 0.3) is 0 Å². The van der Waals surface area contributed by atoms with Gasteiger partial charge in [-0.3, -0.25) is 4.79 Å². The summed E-state index contributed by atoms with van der Waals surface area (Å²) in [5.74, 6) is -0.268. The van der Waals surface area contributed by atoms with E-state index in [1.165, 1.54) is 0 Å². The quantitative estimate of drug-likeness (QED) is 0.837. The van der Waals surface area contributed by atoms with Gasteiger partial charge >= 0.3 is 5.97 Å². The zero-order valence-corrected chi connectivity index (χ0v) is 12.6. The van der Waals surface area contributed by atoms with E-state index in [2.05, 4.69) is 36.4 Å². The lowest BCUT2D eigenvalue weighted by Gasteiger charge is -2.19. The first-order chi connectivity index (χ1) is 8.58. The van der Waals surface area contributed by atoms with E-state index in [1.807, 2.05) is 27.0 Å². The van der Waals surface area contributed by atoms with E-state index in [0.717, 1.165) is 5.69 Å². The zero-order chi connectivity index (χ0) is 14.7. The Morgan fingerprint density at radius 3 is 2.42 bits per heavy atom. The van der Waals surface area contributed by atoms with Crippen LogP contribution in [0.2, 0.25) is 0 Å². The number of nitrogens with one attached hydrogen (secondary N) is 1. The predicted molar refractivity (Wildman–Crippen MR) is 72.6 cm³/mol. The smallest absolute Gasteiger partial charge is 0.320 e. The summed E-state index contributed by atoms with van der Waals surface area (Å²) in [6.07, 6.45) is 1.88. The topological polar surface area (TPSA) is 69.0 Å². The molecule has 19 heavy (non-hydrogen) atoms. The molecule has 0 aliphatic carbocycles. The van der Waals surface area contributed by atoms with Crippen molar-refractivity contribution in [1.29, 1.82) is 0 Å². The molecule has 0 saturated carbocycles. The third-order valence-corrected chi connectivity index (χ3v) is 2.22. The highest BCUT2D eigenvalue weighted by atomic mass is 16.6. The van der Waals surface area contributed by atoms with Gasteiger partial charge in [0.05, 0.1) is 24.0 Å². The number of esters is 1. The standard InChI is InChI=1S/C13H24N4O2/c1-12(2,3)17-9-10(15-16-17)7-14-8-11(18)19-13(4,5)6/h9,14H,7-8H2,1-6H3. The number of ether oxygens (including phenoxy) is 1. The molecule has 108 valence electrons. The van der Waals surface area contributed by atoms with E-state index in [-0.39, 0.29) is 18.1 Å². The van der Waals surface area contributed by atoms with Gasteiger partial charge in [0.1, 0.15) is 5.60 Å². The van der Waals surface area contributed by atoms with Gasteiger partial charge in [-0.1, -0.05) is 5.21 Å². The molecular weight excluding hydrogens is 244 g/mol. The fourth-order valence-electron chi connectivity index (χ4n) is 1.38. The van der Waals surface area contributed by atoms with Crippen LogP contribution in [-0.4, -0.2) is 33.1 Å². The van der Waals surface area contributed by atoms with Crippen LogP contribution in [-0.2, 0) is 21.6 Å². The maximum atomic E-state index is 11.5. The van der Waals surface area contributed by atoms with Crippen LogP contribution < -0.4 is 5.32 Å². The monoisotopic (exact) mass is 268 g/mol. The zero-order valence-electron chi connectivity index (χ0n) is 12.6. The molecule has 0 aliphatic rings. The van der Waals surface area contributed by atoms with E-state index in [0.29, 0.717) is 6.54 Å².